The fraction of sp³-hybridized carbons (Fsp3) is 0.517. The summed E-state index contributed by atoms with van der Waals surface area (Å²) in [6, 6.07) is 16.5. The van der Waals surface area contributed by atoms with Crippen LogP contribution in [-0.4, -0.2) is 66.2 Å². The molecule has 204 valence electrons. The van der Waals surface area contributed by atoms with Gasteiger partial charge in [-0.25, -0.2) is 0 Å². The fourth-order valence-electron chi connectivity index (χ4n) is 5.89. The van der Waals surface area contributed by atoms with Crippen molar-refractivity contribution in [2.45, 2.75) is 62.9 Å². The third-order valence-electron chi connectivity index (χ3n) is 8.05. The molecule has 0 spiro atoms. The number of rotatable bonds is 7. The van der Waals surface area contributed by atoms with Crippen LogP contribution in [0, 0.1) is 5.92 Å². The number of ether oxygens (including phenoxy) is 1. The van der Waals surface area contributed by atoms with Crippen molar-refractivity contribution in [3.05, 3.63) is 65.7 Å². The van der Waals surface area contributed by atoms with Crippen LogP contribution in [0.25, 0.3) is 0 Å². The van der Waals surface area contributed by atoms with Gasteiger partial charge in [-0.1, -0.05) is 42.5 Å². The van der Waals surface area contributed by atoms with Gasteiger partial charge in [0.05, 0.1) is 6.42 Å². The van der Waals surface area contributed by atoms with Gasteiger partial charge in [0, 0.05) is 44.2 Å². The van der Waals surface area contributed by atoms with Crippen LogP contribution in [0.2, 0.25) is 0 Å². The average molecular weight is 530 g/mol. The number of nitrogens with zero attached hydrogens (tertiary/aromatic N) is 2. The van der Waals surface area contributed by atoms with Crippen molar-refractivity contribution < 1.29 is 27.5 Å². The molecule has 1 N–H and O–H groups in total. The first-order valence-electron chi connectivity index (χ1n) is 13.5. The molecule has 2 saturated heterocycles. The monoisotopic (exact) mass is 529 g/mol. The maximum absolute atomic E-state index is 12.8. The van der Waals surface area contributed by atoms with Crippen molar-refractivity contribution in [3.63, 3.8) is 0 Å². The summed E-state index contributed by atoms with van der Waals surface area (Å²) < 4.78 is 41.4. The van der Waals surface area contributed by atoms with Crippen LogP contribution >= 0.6 is 0 Å². The Morgan fingerprint density at radius 2 is 1.63 bits per heavy atom. The molecule has 5 rings (SSSR count). The number of nitrogens with one attached hydrogen (secondary N) is 1. The van der Waals surface area contributed by atoms with Gasteiger partial charge in [0.25, 0.3) is 0 Å². The zero-order valence-corrected chi connectivity index (χ0v) is 21.3. The third-order valence-corrected chi connectivity index (χ3v) is 8.05. The molecule has 9 heteroatoms. The quantitative estimate of drug-likeness (QED) is 0.574. The van der Waals surface area contributed by atoms with Crippen molar-refractivity contribution in [1.29, 1.82) is 0 Å². The summed E-state index contributed by atoms with van der Waals surface area (Å²) in [4.78, 5) is 29.8. The van der Waals surface area contributed by atoms with E-state index in [0.29, 0.717) is 30.6 Å². The lowest BCUT2D eigenvalue weighted by atomic mass is 9.97. The Morgan fingerprint density at radius 1 is 0.921 bits per heavy atom. The molecule has 0 bridgehead atoms. The Hall–Kier alpha value is -3.07. The van der Waals surface area contributed by atoms with E-state index in [0.717, 1.165) is 45.2 Å². The Balaban J connectivity index is 1.02. The summed E-state index contributed by atoms with van der Waals surface area (Å²) in [7, 11) is 0. The van der Waals surface area contributed by atoms with Crippen LogP contribution in [0.4, 0.5) is 13.2 Å². The molecule has 38 heavy (non-hydrogen) atoms. The molecule has 2 aromatic rings. The predicted molar refractivity (Wildman–Crippen MR) is 136 cm³/mol. The number of carbonyl (C=O) groups excluding carboxylic acids is 2. The van der Waals surface area contributed by atoms with Crippen LogP contribution in [0.1, 0.15) is 49.1 Å². The van der Waals surface area contributed by atoms with E-state index in [9.17, 15) is 22.8 Å². The van der Waals surface area contributed by atoms with E-state index in [1.807, 2.05) is 18.2 Å². The van der Waals surface area contributed by atoms with Crippen molar-refractivity contribution in [2.24, 2.45) is 5.92 Å². The standard InChI is InChI=1S/C29H34F3N3O3/c30-29(31,32)38-24-8-4-5-20(17-24)18-27(36)35-15-11-23(12-16-35)34-13-9-22(10-14-34)33-28(37)26-19-25(26)21-6-2-1-3-7-21/h1-8,17,22-23,25-26H,9-16,18-19H2,(H,33,37)/t25-,26+/m0/s1. The van der Waals surface area contributed by atoms with Gasteiger partial charge in [-0.05, 0) is 61.3 Å². The number of piperidine rings is 2. The molecule has 1 aliphatic carbocycles. The van der Waals surface area contributed by atoms with E-state index in [1.54, 1.807) is 11.0 Å². The molecule has 2 heterocycles. The molecular formula is C29H34F3N3O3. The largest absolute Gasteiger partial charge is 0.573 e. The second-order valence-electron chi connectivity index (χ2n) is 10.7. The van der Waals surface area contributed by atoms with Gasteiger partial charge in [-0.3, -0.25) is 9.59 Å². The smallest absolute Gasteiger partial charge is 0.406 e. The minimum atomic E-state index is -4.76. The van der Waals surface area contributed by atoms with Gasteiger partial charge in [0.15, 0.2) is 0 Å². The predicted octanol–water partition coefficient (Wildman–Crippen LogP) is 4.50. The first-order chi connectivity index (χ1) is 18.2. The van der Waals surface area contributed by atoms with E-state index >= 15 is 0 Å². The Morgan fingerprint density at radius 3 is 2.32 bits per heavy atom. The minimum absolute atomic E-state index is 0.0525. The molecule has 2 aromatic carbocycles. The van der Waals surface area contributed by atoms with Crippen molar-refractivity contribution >= 4 is 11.8 Å². The van der Waals surface area contributed by atoms with E-state index < -0.39 is 6.36 Å². The molecular weight excluding hydrogens is 495 g/mol. The number of halogens is 3. The number of hydrogen-bond donors (Lipinski definition) is 1. The van der Waals surface area contributed by atoms with Gasteiger partial charge in [-0.2, -0.15) is 0 Å². The summed E-state index contributed by atoms with van der Waals surface area (Å²) in [6.45, 7) is 3.15. The van der Waals surface area contributed by atoms with Crippen molar-refractivity contribution in [1.82, 2.24) is 15.1 Å². The zero-order chi connectivity index (χ0) is 26.7. The lowest BCUT2D eigenvalue weighted by molar-refractivity contribution is -0.274. The highest BCUT2D eigenvalue weighted by atomic mass is 19.4. The highest BCUT2D eigenvalue weighted by molar-refractivity contribution is 5.83. The average Bonchev–Trinajstić information content (AvgIpc) is 3.70. The topological polar surface area (TPSA) is 61.9 Å². The number of alkyl halides is 3. The molecule has 0 unspecified atom stereocenters. The van der Waals surface area contributed by atoms with Gasteiger partial charge in [-0.15, -0.1) is 13.2 Å². The van der Waals surface area contributed by atoms with Crippen LogP contribution in [-0.2, 0) is 16.0 Å². The number of benzene rings is 2. The summed E-state index contributed by atoms with van der Waals surface area (Å²) >= 11 is 0. The van der Waals surface area contributed by atoms with Gasteiger partial charge in [0.1, 0.15) is 5.75 Å². The first-order valence-corrected chi connectivity index (χ1v) is 13.5. The summed E-state index contributed by atoms with van der Waals surface area (Å²) in [5, 5.41) is 3.28. The second kappa shape index (κ2) is 11.4. The van der Waals surface area contributed by atoms with Crippen LogP contribution in [0.15, 0.2) is 54.6 Å². The number of carbonyl (C=O) groups is 2. The lowest BCUT2D eigenvalue weighted by Crippen LogP contribution is -2.52. The maximum Gasteiger partial charge on any atom is 0.573 e. The Labute approximate surface area is 221 Å². The SMILES string of the molecule is O=C(NC1CCN(C2CCN(C(=O)Cc3cccc(OC(F)(F)F)c3)CC2)CC1)[C@@H]1C[C@H]1c1ccccc1. The van der Waals surface area contributed by atoms with E-state index in [1.165, 1.54) is 23.8 Å². The fourth-order valence-corrected chi connectivity index (χ4v) is 5.89. The van der Waals surface area contributed by atoms with Gasteiger partial charge >= 0.3 is 6.36 Å². The molecule has 1 saturated carbocycles. The molecule has 3 fully saturated rings. The summed E-state index contributed by atoms with van der Waals surface area (Å²) in [5.74, 6) is 0.232. The molecule has 2 amide bonds. The Bertz CT molecular complexity index is 1110. The van der Waals surface area contributed by atoms with E-state index in [4.69, 9.17) is 0 Å². The highest BCUT2D eigenvalue weighted by Crippen LogP contribution is 2.47. The van der Waals surface area contributed by atoms with E-state index in [2.05, 4.69) is 27.1 Å². The van der Waals surface area contributed by atoms with Gasteiger partial charge in [0.2, 0.25) is 11.8 Å². The highest BCUT2D eigenvalue weighted by Gasteiger charge is 2.44. The number of hydrogen-bond acceptors (Lipinski definition) is 4. The minimum Gasteiger partial charge on any atom is -0.406 e. The normalized spacial score (nSPS) is 23.2. The van der Waals surface area contributed by atoms with Crippen LogP contribution in [0.3, 0.4) is 0 Å². The summed E-state index contributed by atoms with van der Waals surface area (Å²) in [5.41, 5.74) is 1.75. The third kappa shape index (κ3) is 6.87. The second-order valence-corrected chi connectivity index (χ2v) is 10.7. The lowest BCUT2D eigenvalue weighted by Gasteiger charge is -2.42. The molecule has 6 nitrogen and oxygen atoms in total. The molecule has 2 atom stereocenters. The molecule has 2 aliphatic heterocycles. The molecule has 3 aliphatic rings. The number of amides is 2. The van der Waals surface area contributed by atoms with Crippen molar-refractivity contribution in [3.8, 4) is 5.75 Å². The molecule has 0 radical (unpaired) electrons. The van der Waals surface area contributed by atoms with Crippen LogP contribution < -0.4 is 10.1 Å². The molecule has 0 aromatic heterocycles. The zero-order valence-electron chi connectivity index (χ0n) is 21.3. The Kier molecular flexibility index (Phi) is 7.93. The maximum atomic E-state index is 12.8. The van der Waals surface area contributed by atoms with Crippen LogP contribution in [0.5, 0.6) is 5.75 Å². The summed E-state index contributed by atoms with van der Waals surface area (Å²) in [6.07, 6.45) is -0.154. The van der Waals surface area contributed by atoms with Gasteiger partial charge < -0.3 is 19.9 Å². The number of likely N-dealkylation sites (tertiary alicyclic amines) is 2. The first kappa shape index (κ1) is 26.5. The van der Waals surface area contributed by atoms with Crippen molar-refractivity contribution in [2.75, 3.05) is 26.2 Å². The van der Waals surface area contributed by atoms with E-state index in [-0.39, 0.29) is 35.9 Å².